The molecular formula is C8H16NO5P. The third-order valence-electron chi connectivity index (χ3n) is 2.29. The lowest BCUT2D eigenvalue weighted by Crippen LogP contribution is -2.37. The second-order valence-corrected chi connectivity index (χ2v) is 5.14. The van der Waals surface area contributed by atoms with Gasteiger partial charge in [-0.15, -0.1) is 0 Å². The van der Waals surface area contributed by atoms with Crippen LogP contribution in [0.25, 0.3) is 0 Å². The molecule has 0 spiro atoms. The summed E-state index contributed by atoms with van der Waals surface area (Å²) >= 11 is 0. The van der Waals surface area contributed by atoms with E-state index >= 15 is 0 Å². The highest BCUT2D eigenvalue weighted by molar-refractivity contribution is 7.51. The lowest BCUT2D eigenvalue weighted by atomic mass is 10.2. The smallest absolute Gasteiger partial charge is 0.339 e. The maximum atomic E-state index is 11.4. The molecule has 88 valence electrons. The first-order valence-electron chi connectivity index (χ1n) is 4.89. The van der Waals surface area contributed by atoms with Gasteiger partial charge in [-0.3, -0.25) is 14.3 Å². The predicted octanol–water partition coefficient (Wildman–Crippen LogP) is 0.149. The lowest BCUT2D eigenvalue weighted by Gasteiger charge is -2.22. The van der Waals surface area contributed by atoms with E-state index < -0.39 is 13.6 Å². The van der Waals surface area contributed by atoms with Gasteiger partial charge in [0, 0.05) is 0 Å². The van der Waals surface area contributed by atoms with Crippen molar-refractivity contribution in [2.75, 3.05) is 19.4 Å². The number of hydrogen-bond acceptors (Lipinski definition) is 4. The van der Waals surface area contributed by atoms with Crippen LogP contribution >= 0.6 is 7.60 Å². The monoisotopic (exact) mass is 237 g/mol. The zero-order valence-electron chi connectivity index (χ0n) is 8.63. The fraction of sp³-hybridized carbons (Fsp3) is 0.875. The molecule has 0 aromatic rings. The predicted molar refractivity (Wildman–Crippen MR) is 53.3 cm³/mol. The van der Waals surface area contributed by atoms with Gasteiger partial charge in [0.05, 0.1) is 6.61 Å². The molecule has 0 unspecified atom stereocenters. The maximum Gasteiger partial charge on any atom is 0.339 e. The van der Waals surface area contributed by atoms with Crippen LogP contribution in [0.15, 0.2) is 0 Å². The van der Waals surface area contributed by atoms with Crippen LogP contribution in [0, 0.1) is 0 Å². The van der Waals surface area contributed by atoms with Gasteiger partial charge in [0.1, 0.15) is 12.3 Å². The summed E-state index contributed by atoms with van der Waals surface area (Å²) in [5.74, 6) is -0.386. The Balaban J connectivity index is 2.57. The molecule has 7 heteroatoms. The molecule has 1 fully saturated rings. The summed E-state index contributed by atoms with van der Waals surface area (Å²) in [6.07, 6.45) is 1.01. The van der Waals surface area contributed by atoms with Crippen molar-refractivity contribution in [3.63, 3.8) is 0 Å². The molecule has 1 saturated heterocycles. The molecule has 1 aliphatic heterocycles. The minimum Gasteiger partial charge on any atom is -0.465 e. The van der Waals surface area contributed by atoms with Gasteiger partial charge in [-0.1, -0.05) is 0 Å². The van der Waals surface area contributed by atoms with Crippen LogP contribution < -0.4 is 0 Å². The Bertz CT molecular complexity index is 276. The Morgan fingerprint density at radius 3 is 2.80 bits per heavy atom. The van der Waals surface area contributed by atoms with Crippen molar-refractivity contribution in [1.82, 2.24) is 4.90 Å². The van der Waals surface area contributed by atoms with Crippen molar-refractivity contribution in [2.45, 2.75) is 25.8 Å². The van der Waals surface area contributed by atoms with E-state index in [0.717, 1.165) is 6.42 Å². The number of carbonyl (C=O) groups excluding carboxylic acids is 1. The van der Waals surface area contributed by atoms with E-state index in [2.05, 4.69) is 0 Å². The highest BCUT2D eigenvalue weighted by atomic mass is 31.2. The maximum absolute atomic E-state index is 11.4. The van der Waals surface area contributed by atoms with Gasteiger partial charge in [0.15, 0.2) is 0 Å². The van der Waals surface area contributed by atoms with E-state index in [1.54, 1.807) is 6.92 Å². The summed E-state index contributed by atoms with van der Waals surface area (Å²) in [4.78, 5) is 30.6. The molecule has 0 radical (unpaired) electrons. The Hall–Kier alpha value is -0.420. The number of hydrogen-bond donors (Lipinski definition) is 2. The number of esters is 1. The quantitative estimate of drug-likeness (QED) is 0.534. The first-order chi connectivity index (χ1) is 6.94. The first kappa shape index (κ1) is 12.6. The van der Waals surface area contributed by atoms with Gasteiger partial charge >= 0.3 is 13.6 Å². The van der Waals surface area contributed by atoms with E-state index in [1.807, 2.05) is 0 Å². The minimum absolute atomic E-state index is 0.291. The molecule has 15 heavy (non-hydrogen) atoms. The van der Waals surface area contributed by atoms with Crippen molar-refractivity contribution in [3.05, 3.63) is 0 Å². The zero-order valence-corrected chi connectivity index (χ0v) is 9.52. The number of carbonyl (C=O) groups is 1. The van der Waals surface area contributed by atoms with E-state index in [-0.39, 0.29) is 12.3 Å². The SMILES string of the molecule is CCOC(=O)[C@@H]1CCCN1CP(=O)(O)O. The molecule has 1 rings (SSSR count). The number of rotatable bonds is 4. The van der Waals surface area contributed by atoms with Crippen LogP contribution in [0.4, 0.5) is 0 Å². The second kappa shape index (κ2) is 5.07. The third kappa shape index (κ3) is 3.91. The Morgan fingerprint density at radius 1 is 1.60 bits per heavy atom. The van der Waals surface area contributed by atoms with Crippen LogP contribution in [-0.2, 0) is 14.1 Å². The Kier molecular flexibility index (Phi) is 4.28. The number of likely N-dealkylation sites (tertiary alicyclic amines) is 1. The fourth-order valence-corrected chi connectivity index (χ4v) is 2.55. The molecule has 6 nitrogen and oxygen atoms in total. The van der Waals surface area contributed by atoms with E-state index in [0.29, 0.717) is 19.6 Å². The summed E-state index contributed by atoms with van der Waals surface area (Å²) in [5, 5.41) is 0. The van der Waals surface area contributed by atoms with Crippen LogP contribution in [0.1, 0.15) is 19.8 Å². The van der Waals surface area contributed by atoms with Crippen molar-refractivity contribution in [2.24, 2.45) is 0 Å². The first-order valence-corrected chi connectivity index (χ1v) is 6.69. The van der Waals surface area contributed by atoms with Gasteiger partial charge in [0.25, 0.3) is 0 Å². The summed E-state index contributed by atoms with van der Waals surface area (Å²) in [7, 11) is -4.09. The van der Waals surface area contributed by atoms with Crippen LogP contribution in [0.2, 0.25) is 0 Å². The van der Waals surface area contributed by atoms with Crippen molar-refractivity contribution < 1.29 is 23.9 Å². The van der Waals surface area contributed by atoms with Gasteiger partial charge in [-0.25, -0.2) is 0 Å². The number of ether oxygens (including phenoxy) is 1. The largest absolute Gasteiger partial charge is 0.465 e. The molecule has 0 bridgehead atoms. The van der Waals surface area contributed by atoms with E-state index in [4.69, 9.17) is 14.5 Å². The average Bonchev–Trinajstić information content (AvgIpc) is 2.49. The second-order valence-electron chi connectivity index (χ2n) is 3.53. The van der Waals surface area contributed by atoms with Gasteiger partial charge in [-0.2, -0.15) is 0 Å². The molecule has 1 aliphatic rings. The minimum atomic E-state index is -4.09. The summed E-state index contributed by atoms with van der Waals surface area (Å²) in [6.45, 7) is 2.54. The fourth-order valence-electron chi connectivity index (χ4n) is 1.74. The molecule has 0 aromatic carbocycles. The van der Waals surface area contributed by atoms with Gasteiger partial charge in [-0.05, 0) is 26.3 Å². The molecule has 2 N–H and O–H groups in total. The van der Waals surface area contributed by atoms with Gasteiger partial charge < -0.3 is 14.5 Å². The van der Waals surface area contributed by atoms with Gasteiger partial charge in [0.2, 0.25) is 0 Å². The standard InChI is InChI=1S/C8H16NO5P/c1-2-14-8(10)7-4-3-5-9(7)6-15(11,12)13/h7H,2-6H2,1H3,(H2,11,12,13)/t7-/m0/s1. The molecule has 1 heterocycles. The zero-order chi connectivity index (χ0) is 11.5. The summed E-state index contributed by atoms with van der Waals surface area (Å²) in [5.41, 5.74) is 0. The highest BCUT2D eigenvalue weighted by Gasteiger charge is 2.35. The molecule has 1 atom stereocenters. The highest BCUT2D eigenvalue weighted by Crippen LogP contribution is 2.37. The Labute approximate surface area is 88.4 Å². The van der Waals surface area contributed by atoms with E-state index in [1.165, 1.54) is 4.90 Å². The summed E-state index contributed by atoms with van der Waals surface area (Å²) in [6, 6.07) is -0.488. The summed E-state index contributed by atoms with van der Waals surface area (Å²) < 4.78 is 15.7. The van der Waals surface area contributed by atoms with Crippen molar-refractivity contribution in [1.29, 1.82) is 0 Å². The molecule has 0 aromatic heterocycles. The number of nitrogens with zero attached hydrogens (tertiary/aromatic N) is 1. The Morgan fingerprint density at radius 2 is 2.27 bits per heavy atom. The van der Waals surface area contributed by atoms with Crippen molar-refractivity contribution in [3.8, 4) is 0 Å². The van der Waals surface area contributed by atoms with E-state index in [9.17, 15) is 9.36 Å². The normalized spacial score (nSPS) is 23.0. The lowest BCUT2D eigenvalue weighted by molar-refractivity contribution is -0.148. The van der Waals surface area contributed by atoms with Crippen LogP contribution in [0.3, 0.4) is 0 Å². The average molecular weight is 237 g/mol. The third-order valence-corrected chi connectivity index (χ3v) is 3.02. The molecule has 0 saturated carbocycles. The topological polar surface area (TPSA) is 87.1 Å². The molecule has 0 aliphatic carbocycles. The van der Waals surface area contributed by atoms with Crippen LogP contribution in [0.5, 0.6) is 0 Å². The van der Waals surface area contributed by atoms with Crippen LogP contribution in [-0.4, -0.2) is 46.1 Å². The van der Waals surface area contributed by atoms with Crippen molar-refractivity contribution >= 4 is 13.6 Å². The molecule has 0 amide bonds. The molecular weight excluding hydrogens is 221 g/mol.